The molecule has 1 saturated heterocycles. The zero-order chi connectivity index (χ0) is 15.1. The summed E-state index contributed by atoms with van der Waals surface area (Å²) >= 11 is 0. The van der Waals surface area contributed by atoms with Crippen LogP contribution in [0.3, 0.4) is 0 Å². The van der Waals surface area contributed by atoms with Crippen LogP contribution in [0.5, 0.6) is 0 Å². The van der Waals surface area contributed by atoms with E-state index in [-0.39, 0.29) is 18.3 Å². The summed E-state index contributed by atoms with van der Waals surface area (Å²) in [5, 5.41) is 0. The van der Waals surface area contributed by atoms with Crippen LogP contribution in [-0.4, -0.2) is 26.3 Å². The van der Waals surface area contributed by atoms with Crippen LogP contribution in [-0.2, 0) is 18.9 Å². The summed E-state index contributed by atoms with van der Waals surface area (Å²) in [6.07, 6.45) is 2.23. The molecule has 0 aromatic heterocycles. The minimum atomic E-state index is -0.333. The number of unbranched alkanes of at least 4 members (excludes halogenated alkanes) is 1. The van der Waals surface area contributed by atoms with Gasteiger partial charge in [0.1, 0.15) is 6.29 Å². The van der Waals surface area contributed by atoms with Crippen molar-refractivity contribution < 1.29 is 18.9 Å². The quantitative estimate of drug-likeness (QED) is 0.335. The van der Waals surface area contributed by atoms with Crippen molar-refractivity contribution in [1.29, 1.82) is 0 Å². The van der Waals surface area contributed by atoms with Crippen molar-refractivity contribution in [2.45, 2.75) is 38.5 Å². The van der Waals surface area contributed by atoms with E-state index in [0.29, 0.717) is 12.2 Å². The molecular formula is C16H20BO4. The molecule has 5 heteroatoms. The third-order valence-corrected chi connectivity index (χ3v) is 3.20. The van der Waals surface area contributed by atoms with Crippen LogP contribution in [0.2, 0.25) is 0 Å². The third-order valence-electron chi connectivity index (χ3n) is 3.20. The number of benzene rings is 1. The third kappa shape index (κ3) is 5.03. The lowest BCUT2D eigenvalue weighted by Gasteiger charge is -2.12. The number of esters is 1. The molecule has 1 fully saturated rings. The normalized spacial score (nSPS) is 20.8. The van der Waals surface area contributed by atoms with Gasteiger partial charge < -0.3 is 14.1 Å². The van der Waals surface area contributed by atoms with Crippen LogP contribution in [0.15, 0.2) is 42.5 Å². The van der Waals surface area contributed by atoms with E-state index in [1.807, 2.05) is 30.3 Å². The lowest BCUT2D eigenvalue weighted by atomic mass is 9.86. The molecule has 2 atom stereocenters. The average molecular weight is 287 g/mol. The maximum absolute atomic E-state index is 11.2. The minimum Gasteiger partial charge on any atom is -0.462 e. The second-order valence-corrected chi connectivity index (χ2v) is 5.08. The van der Waals surface area contributed by atoms with Gasteiger partial charge in [0.2, 0.25) is 0 Å². The Morgan fingerprint density at radius 3 is 2.81 bits per heavy atom. The number of rotatable bonds is 7. The molecule has 0 saturated carbocycles. The van der Waals surface area contributed by atoms with Crippen molar-refractivity contribution in [3.05, 3.63) is 48.0 Å². The molecule has 1 aliphatic heterocycles. The van der Waals surface area contributed by atoms with Gasteiger partial charge in [0, 0.05) is 5.57 Å². The molecular weight excluding hydrogens is 267 g/mol. The fraction of sp³-hybridized carbons (Fsp3) is 0.438. The van der Waals surface area contributed by atoms with E-state index in [1.54, 1.807) is 14.4 Å². The van der Waals surface area contributed by atoms with Gasteiger partial charge in [-0.2, -0.15) is 0 Å². The molecule has 1 radical (unpaired) electrons. The van der Waals surface area contributed by atoms with Gasteiger partial charge in [-0.3, -0.25) is 0 Å². The molecule has 2 unspecified atom stereocenters. The Morgan fingerprint density at radius 2 is 2.10 bits per heavy atom. The molecule has 1 aromatic rings. The lowest BCUT2D eigenvalue weighted by molar-refractivity contribution is -0.139. The molecule has 21 heavy (non-hydrogen) atoms. The number of carbonyl (C=O) groups is 1. The van der Waals surface area contributed by atoms with Gasteiger partial charge in [0.05, 0.1) is 12.6 Å². The molecule has 2 rings (SSSR count). The van der Waals surface area contributed by atoms with Crippen LogP contribution in [0.4, 0.5) is 0 Å². The van der Waals surface area contributed by atoms with Crippen molar-refractivity contribution in [3.63, 3.8) is 0 Å². The molecule has 4 nitrogen and oxygen atoms in total. The zero-order valence-electron chi connectivity index (χ0n) is 12.3. The second kappa shape index (κ2) is 8.00. The van der Waals surface area contributed by atoms with Gasteiger partial charge in [-0.05, 0) is 31.7 Å². The minimum absolute atomic E-state index is 0.0996. The Morgan fingerprint density at radius 1 is 1.33 bits per heavy atom. The maximum Gasteiger partial charge on any atom is 0.333 e. The molecule has 0 bridgehead atoms. The molecule has 1 aromatic carbocycles. The monoisotopic (exact) mass is 287 g/mol. The SMILES string of the molecule is C=C(C)C(=O)OCCCCC1O[B]C(c2ccccc2)O1. The Balaban J connectivity index is 1.61. The first-order valence-electron chi connectivity index (χ1n) is 7.18. The molecule has 0 N–H and O–H groups in total. The summed E-state index contributed by atoms with van der Waals surface area (Å²) in [5.41, 5.74) is 1.52. The van der Waals surface area contributed by atoms with Crippen LogP contribution in [0.1, 0.15) is 37.8 Å². The van der Waals surface area contributed by atoms with Crippen molar-refractivity contribution in [2.24, 2.45) is 0 Å². The van der Waals surface area contributed by atoms with E-state index in [2.05, 4.69) is 6.58 Å². The van der Waals surface area contributed by atoms with E-state index in [0.717, 1.165) is 24.8 Å². The van der Waals surface area contributed by atoms with Crippen molar-refractivity contribution >= 4 is 13.5 Å². The van der Waals surface area contributed by atoms with Crippen molar-refractivity contribution in [2.75, 3.05) is 6.61 Å². The smallest absolute Gasteiger partial charge is 0.333 e. The van der Waals surface area contributed by atoms with Gasteiger partial charge >= 0.3 is 13.5 Å². The highest BCUT2D eigenvalue weighted by molar-refractivity contribution is 6.29. The maximum atomic E-state index is 11.2. The first kappa shape index (κ1) is 15.8. The molecule has 1 heterocycles. The summed E-state index contributed by atoms with van der Waals surface area (Å²) in [5.74, 6) is -0.333. The van der Waals surface area contributed by atoms with Crippen molar-refractivity contribution in [1.82, 2.24) is 0 Å². The van der Waals surface area contributed by atoms with Crippen LogP contribution >= 0.6 is 0 Å². The van der Waals surface area contributed by atoms with Gasteiger partial charge in [-0.15, -0.1) is 0 Å². The van der Waals surface area contributed by atoms with E-state index < -0.39 is 0 Å². The summed E-state index contributed by atoms with van der Waals surface area (Å²) in [6.45, 7) is 5.58. The Labute approximate surface area is 126 Å². The van der Waals surface area contributed by atoms with E-state index in [1.165, 1.54) is 0 Å². The van der Waals surface area contributed by atoms with E-state index >= 15 is 0 Å². The standard InChI is InChI=1S/C16H20BO4/c1-12(2)16(18)19-11-7-6-10-14-20-15(17-21-14)13-8-4-3-5-9-13/h3-5,8-9,14-15H,1,6-7,10-11H2,2H3. The van der Waals surface area contributed by atoms with Crippen LogP contribution < -0.4 is 0 Å². The predicted octanol–water partition coefficient (Wildman–Crippen LogP) is 2.97. The predicted molar refractivity (Wildman–Crippen MR) is 80.5 cm³/mol. The molecule has 0 aliphatic carbocycles. The van der Waals surface area contributed by atoms with E-state index in [4.69, 9.17) is 14.1 Å². The summed E-state index contributed by atoms with van der Waals surface area (Å²) in [7, 11) is 1.74. The number of hydrogen-bond acceptors (Lipinski definition) is 4. The van der Waals surface area contributed by atoms with Crippen LogP contribution in [0, 0.1) is 0 Å². The first-order chi connectivity index (χ1) is 10.2. The summed E-state index contributed by atoms with van der Waals surface area (Å²) in [6, 6.07) is 9.88. The summed E-state index contributed by atoms with van der Waals surface area (Å²) in [4.78, 5) is 11.2. The highest BCUT2D eigenvalue weighted by Crippen LogP contribution is 2.26. The highest BCUT2D eigenvalue weighted by atomic mass is 16.7. The number of carbonyl (C=O) groups excluding carboxylic acids is 1. The van der Waals surface area contributed by atoms with Gasteiger partial charge in [-0.1, -0.05) is 36.9 Å². The molecule has 111 valence electrons. The molecule has 0 amide bonds. The molecule has 1 aliphatic rings. The lowest BCUT2D eigenvalue weighted by Crippen LogP contribution is -2.10. The van der Waals surface area contributed by atoms with Gasteiger partial charge in [0.25, 0.3) is 0 Å². The zero-order valence-corrected chi connectivity index (χ0v) is 12.3. The van der Waals surface area contributed by atoms with Gasteiger partial charge in [-0.25, -0.2) is 4.79 Å². The number of ether oxygens (including phenoxy) is 2. The first-order valence-corrected chi connectivity index (χ1v) is 7.18. The Hall–Kier alpha value is -1.59. The average Bonchev–Trinajstić information content (AvgIpc) is 2.96. The Bertz CT molecular complexity index is 474. The summed E-state index contributed by atoms with van der Waals surface area (Å²) < 4.78 is 16.4. The molecule has 0 spiro atoms. The van der Waals surface area contributed by atoms with Crippen molar-refractivity contribution in [3.8, 4) is 0 Å². The van der Waals surface area contributed by atoms with Crippen LogP contribution in [0.25, 0.3) is 0 Å². The second-order valence-electron chi connectivity index (χ2n) is 5.08. The highest BCUT2D eigenvalue weighted by Gasteiger charge is 2.28. The number of hydrogen-bond donors (Lipinski definition) is 0. The topological polar surface area (TPSA) is 44.8 Å². The fourth-order valence-corrected chi connectivity index (χ4v) is 2.02. The fourth-order valence-electron chi connectivity index (χ4n) is 2.02. The Kier molecular flexibility index (Phi) is 6.02. The van der Waals surface area contributed by atoms with E-state index in [9.17, 15) is 4.79 Å². The van der Waals surface area contributed by atoms with Gasteiger partial charge in [0.15, 0.2) is 0 Å². The largest absolute Gasteiger partial charge is 0.462 e.